The molecule has 1 aliphatic rings. The molecule has 1 N–H and O–H groups in total. The fraction of sp³-hybridized carbons (Fsp3) is 0.250. The number of nitrogens with zero attached hydrogens (tertiary/aromatic N) is 4. The molecule has 2 heterocycles. The molecule has 4 rings (SSSR count). The second kappa shape index (κ2) is 6.29. The van der Waals surface area contributed by atoms with Gasteiger partial charge in [0.05, 0.1) is 12.6 Å². The summed E-state index contributed by atoms with van der Waals surface area (Å²) in [5.74, 6) is 1.59. The van der Waals surface area contributed by atoms with Gasteiger partial charge < -0.3 is 10.0 Å². The van der Waals surface area contributed by atoms with Gasteiger partial charge in [-0.3, -0.25) is 4.79 Å². The maximum absolute atomic E-state index is 13.0. The molecular weight excluding hydrogens is 328 g/mol. The average Bonchev–Trinajstić information content (AvgIpc) is 3.08. The normalized spacial score (nSPS) is 16.4. The molecule has 0 spiro atoms. The summed E-state index contributed by atoms with van der Waals surface area (Å²) in [6.45, 7) is 4.99. The second-order valence-corrected chi connectivity index (χ2v) is 6.56. The van der Waals surface area contributed by atoms with Crippen molar-refractivity contribution in [2.75, 3.05) is 6.54 Å². The van der Waals surface area contributed by atoms with Crippen molar-refractivity contribution in [1.82, 2.24) is 19.7 Å². The van der Waals surface area contributed by atoms with Crippen molar-refractivity contribution in [2.45, 2.75) is 26.4 Å². The van der Waals surface area contributed by atoms with E-state index in [0.717, 1.165) is 17.0 Å². The number of benzene rings is 2. The van der Waals surface area contributed by atoms with E-state index in [-0.39, 0.29) is 17.7 Å². The van der Waals surface area contributed by atoms with E-state index < -0.39 is 0 Å². The lowest BCUT2D eigenvalue weighted by atomic mass is 10.1. The van der Waals surface area contributed by atoms with Crippen LogP contribution in [0, 0.1) is 6.92 Å². The zero-order valence-corrected chi connectivity index (χ0v) is 14.8. The molecule has 0 saturated carbocycles. The van der Waals surface area contributed by atoms with Gasteiger partial charge in [0.1, 0.15) is 11.6 Å². The summed E-state index contributed by atoms with van der Waals surface area (Å²) in [4.78, 5) is 19.5. The topological polar surface area (TPSA) is 71.2 Å². The predicted octanol–water partition coefficient (Wildman–Crippen LogP) is 3.18. The Morgan fingerprint density at radius 2 is 1.92 bits per heavy atom. The predicted molar refractivity (Wildman–Crippen MR) is 97.8 cm³/mol. The molecule has 2 aromatic carbocycles. The minimum atomic E-state index is -0.172. The number of aromatic nitrogens is 3. The largest absolute Gasteiger partial charge is 0.508 e. The summed E-state index contributed by atoms with van der Waals surface area (Å²) in [6, 6.07) is 14.5. The summed E-state index contributed by atoms with van der Waals surface area (Å²) >= 11 is 0. The molecule has 0 saturated heterocycles. The molecule has 6 heteroatoms. The Balaban J connectivity index is 1.65. The van der Waals surface area contributed by atoms with Crippen LogP contribution in [0.25, 0.3) is 11.4 Å². The Labute approximate surface area is 151 Å². The van der Waals surface area contributed by atoms with Gasteiger partial charge in [0, 0.05) is 17.7 Å². The van der Waals surface area contributed by atoms with Crippen LogP contribution in [0.2, 0.25) is 0 Å². The number of aryl methyl sites for hydroxylation is 1. The minimum absolute atomic E-state index is 0.0505. The van der Waals surface area contributed by atoms with Crippen molar-refractivity contribution in [3.05, 3.63) is 65.5 Å². The highest BCUT2D eigenvalue weighted by atomic mass is 16.3. The van der Waals surface area contributed by atoms with E-state index >= 15 is 0 Å². The summed E-state index contributed by atoms with van der Waals surface area (Å²) in [5.41, 5.74) is 2.33. The second-order valence-electron chi connectivity index (χ2n) is 6.56. The minimum Gasteiger partial charge on any atom is -0.508 e. The zero-order chi connectivity index (χ0) is 18.3. The monoisotopic (exact) mass is 348 g/mol. The van der Waals surface area contributed by atoms with E-state index in [4.69, 9.17) is 0 Å². The van der Waals surface area contributed by atoms with Crippen molar-refractivity contribution in [2.24, 2.45) is 0 Å². The van der Waals surface area contributed by atoms with Crippen molar-refractivity contribution in [3.63, 3.8) is 0 Å². The van der Waals surface area contributed by atoms with Crippen LogP contribution in [0.3, 0.4) is 0 Å². The van der Waals surface area contributed by atoms with Gasteiger partial charge in [-0.25, -0.2) is 9.67 Å². The number of hydrogen-bond acceptors (Lipinski definition) is 4. The Bertz CT molecular complexity index is 965. The van der Waals surface area contributed by atoms with E-state index in [9.17, 15) is 9.90 Å². The molecule has 1 amide bonds. The average molecular weight is 348 g/mol. The third-order valence-electron chi connectivity index (χ3n) is 4.83. The molecule has 0 bridgehead atoms. The number of rotatable bonds is 2. The Morgan fingerprint density at radius 1 is 1.15 bits per heavy atom. The number of phenolic OH excluding ortho intramolecular Hbond substituents is 1. The lowest BCUT2D eigenvalue weighted by Gasteiger charge is -2.33. The fourth-order valence-corrected chi connectivity index (χ4v) is 3.39. The van der Waals surface area contributed by atoms with Gasteiger partial charge in [-0.05, 0) is 37.6 Å². The highest BCUT2D eigenvalue weighted by molar-refractivity contribution is 5.96. The van der Waals surface area contributed by atoms with Crippen molar-refractivity contribution < 1.29 is 9.90 Å². The van der Waals surface area contributed by atoms with E-state index in [0.29, 0.717) is 24.5 Å². The molecule has 1 aliphatic heterocycles. The number of amides is 1. The maximum Gasteiger partial charge on any atom is 0.254 e. The van der Waals surface area contributed by atoms with Gasteiger partial charge >= 0.3 is 0 Å². The standard InChI is InChI=1S/C20H20N4O2/c1-13-12-16(25)8-9-17(13)20(26)23-10-11-24-19(14(23)2)21-18(22-24)15-6-4-3-5-7-15/h3-9,12,14,25H,10-11H2,1-2H3/t14-/m0/s1. The van der Waals surface area contributed by atoms with Gasteiger partial charge in [0.2, 0.25) is 0 Å². The Kier molecular flexibility index (Phi) is 3.95. The number of carbonyl (C=O) groups is 1. The lowest BCUT2D eigenvalue weighted by molar-refractivity contribution is 0.0630. The van der Waals surface area contributed by atoms with Crippen LogP contribution in [-0.4, -0.2) is 37.2 Å². The summed E-state index contributed by atoms with van der Waals surface area (Å²) < 4.78 is 1.89. The molecule has 132 valence electrons. The van der Waals surface area contributed by atoms with E-state index in [2.05, 4.69) is 10.1 Å². The third kappa shape index (κ3) is 2.73. The van der Waals surface area contributed by atoms with Crippen LogP contribution < -0.4 is 0 Å². The highest BCUT2D eigenvalue weighted by Gasteiger charge is 2.31. The maximum atomic E-state index is 13.0. The smallest absolute Gasteiger partial charge is 0.254 e. The van der Waals surface area contributed by atoms with E-state index in [1.54, 1.807) is 18.2 Å². The van der Waals surface area contributed by atoms with Crippen molar-refractivity contribution >= 4 is 5.91 Å². The molecular formula is C20H20N4O2. The molecule has 0 radical (unpaired) electrons. The van der Waals surface area contributed by atoms with Crippen LogP contribution in [0.1, 0.15) is 34.7 Å². The first-order chi connectivity index (χ1) is 12.5. The number of fused-ring (bicyclic) bond motifs is 1. The SMILES string of the molecule is Cc1cc(O)ccc1C(=O)N1CCn2nc(-c3ccccc3)nc2[C@@H]1C. The number of carbonyl (C=O) groups excluding carboxylic acids is 1. The zero-order valence-electron chi connectivity index (χ0n) is 14.8. The summed E-state index contributed by atoms with van der Waals surface area (Å²) in [6.07, 6.45) is 0. The van der Waals surface area contributed by atoms with Crippen LogP contribution in [0.15, 0.2) is 48.5 Å². The molecule has 26 heavy (non-hydrogen) atoms. The lowest BCUT2D eigenvalue weighted by Crippen LogP contribution is -2.41. The number of phenols is 1. The Hall–Kier alpha value is -3.15. The van der Waals surface area contributed by atoms with Crippen molar-refractivity contribution in [3.8, 4) is 17.1 Å². The third-order valence-corrected chi connectivity index (χ3v) is 4.83. The molecule has 0 fully saturated rings. The Morgan fingerprint density at radius 3 is 2.65 bits per heavy atom. The molecule has 1 atom stereocenters. The quantitative estimate of drug-likeness (QED) is 0.772. The molecule has 0 aliphatic carbocycles. The molecule has 0 unspecified atom stereocenters. The summed E-state index contributed by atoms with van der Waals surface area (Å²) in [7, 11) is 0. The van der Waals surface area contributed by atoms with Gasteiger partial charge in [-0.15, -0.1) is 0 Å². The van der Waals surface area contributed by atoms with Crippen LogP contribution in [0.5, 0.6) is 5.75 Å². The molecule has 6 nitrogen and oxygen atoms in total. The van der Waals surface area contributed by atoms with Crippen LogP contribution in [-0.2, 0) is 6.54 Å². The number of aromatic hydroxyl groups is 1. The van der Waals surface area contributed by atoms with Gasteiger partial charge in [0.15, 0.2) is 5.82 Å². The van der Waals surface area contributed by atoms with Crippen molar-refractivity contribution in [1.29, 1.82) is 0 Å². The first-order valence-electron chi connectivity index (χ1n) is 8.65. The first kappa shape index (κ1) is 16.3. The van der Waals surface area contributed by atoms with Gasteiger partial charge in [0.25, 0.3) is 5.91 Å². The van der Waals surface area contributed by atoms with E-state index in [1.807, 2.05) is 53.8 Å². The molecule has 1 aromatic heterocycles. The van der Waals surface area contributed by atoms with Crippen LogP contribution in [0.4, 0.5) is 0 Å². The summed E-state index contributed by atoms with van der Waals surface area (Å²) in [5, 5.41) is 14.2. The van der Waals surface area contributed by atoms with Crippen LogP contribution >= 0.6 is 0 Å². The first-order valence-corrected chi connectivity index (χ1v) is 8.65. The van der Waals surface area contributed by atoms with Gasteiger partial charge in [-0.2, -0.15) is 5.10 Å². The fourth-order valence-electron chi connectivity index (χ4n) is 3.39. The number of hydrogen-bond donors (Lipinski definition) is 1. The van der Waals surface area contributed by atoms with E-state index in [1.165, 1.54) is 0 Å². The molecule has 3 aromatic rings. The highest BCUT2D eigenvalue weighted by Crippen LogP contribution is 2.28. The van der Waals surface area contributed by atoms with Gasteiger partial charge in [-0.1, -0.05) is 30.3 Å².